The zero-order valence-electron chi connectivity index (χ0n) is 22.0. The molecule has 1 N–H and O–H groups in total. The van der Waals surface area contributed by atoms with Crippen LogP contribution in [0.3, 0.4) is 0 Å². The number of methoxy groups -OCH3 is 1. The Labute approximate surface area is 218 Å². The van der Waals surface area contributed by atoms with Gasteiger partial charge in [-0.3, -0.25) is 14.4 Å². The highest BCUT2D eigenvalue weighted by Crippen LogP contribution is 2.37. The van der Waals surface area contributed by atoms with Gasteiger partial charge in [0.15, 0.2) is 0 Å². The SMILES string of the molecule is CC[C@@H](C(=O)NC(C)C)N(Cc1cccc(OC)c1)C(=O)CCCN1C(=O)c2cccc3cccc1c23. The molecule has 0 bridgehead atoms. The number of amides is 3. The van der Waals surface area contributed by atoms with Gasteiger partial charge >= 0.3 is 0 Å². The minimum Gasteiger partial charge on any atom is -0.497 e. The van der Waals surface area contributed by atoms with Gasteiger partial charge in [0, 0.05) is 36.5 Å². The lowest BCUT2D eigenvalue weighted by Crippen LogP contribution is -2.50. The van der Waals surface area contributed by atoms with Crippen molar-refractivity contribution in [2.45, 2.75) is 58.7 Å². The molecule has 0 saturated carbocycles. The number of nitrogens with one attached hydrogen (secondary N) is 1. The second-order valence-electron chi connectivity index (χ2n) is 9.70. The van der Waals surface area contributed by atoms with E-state index in [1.807, 2.05) is 81.4 Å². The minimum absolute atomic E-state index is 0.0270. The smallest absolute Gasteiger partial charge is 0.258 e. The highest BCUT2D eigenvalue weighted by Gasteiger charge is 2.31. The molecule has 37 heavy (non-hydrogen) atoms. The summed E-state index contributed by atoms with van der Waals surface area (Å²) in [5.74, 6) is 0.391. The molecule has 0 saturated heterocycles. The molecular weight excluding hydrogens is 466 g/mol. The number of nitrogens with zero attached hydrogens (tertiary/aromatic N) is 2. The van der Waals surface area contributed by atoms with Crippen LogP contribution in [0.5, 0.6) is 5.75 Å². The van der Waals surface area contributed by atoms with Crippen LogP contribution in [0.2, 0.25) is 0 Å². The second kappa shape index (κ2) is 11.5. The fourth-order valence-electron chi connectivity index (χ4n) is 5.00. The number of hydrogen-bond donors (Lipinski definition) is 1. The molecule has 1 atom stereocenters. The Balaban J connectivity index is 1.50. The molecule has 0 radical (unpaired) electrons. The highest BCUT2D eigenvalue weighted by molar-refractivity contribution is 6.25. The molecular formula is C30H35N3O4. The second-order valence-corrected chi connectivity index (χ2v) is 9.70. The van der Waals surface area contributed by atoms with E-state index in [2.05, 4.69) is 5.32 Å². The Kier molecular flexibility index (Phi) is 8.11. The van der Waals surface area contributed by atoms with Crippen molar-refractivity contribution in [3.63, 3.8) is 0 Å². The van der Waals surface area contributed by atoms with Crippen molar-refractivity contribution < 1.29 is 19.1 Å². The summed E-state index contributed by atoms with van der Waals surface area (Å²) in [6.45, 7) is 6.46. The average molecular weight is 502 g/mol. The van der Waals surface area contributed by atoms with E-state index >= 15 is 0 Å². The van der Waals surface area contributed by atoms with Crippen molar-refractivity contribution in [1.82, 2.24) is 10.2 Å². The third-order valence-electron chi connectivity index (χ3n) is 6.73. The van der Waals surface area contributed by atoms with Crippen molar-refractivity contribution in [2.24, 2.45) is 0 Å². The predicted octanol–water partition coefficient (Wildman–Crippen LogP) is 4.92. The van der Waals surface area contributed by atoms with Gasteiger partial charge in [-0.25, -0.2) is 0 Å². The molecule has 0 unspecified atom stereocenters. The summed E-state index contributed by atoms with van der Waals surface area (Å²) in [5.41, 5.74) is 2.48. The summed E-state index contributed by atoms with van der Waals surface area (Å²) in [5, 5.41) is 4.96. The van der Waals surface area contributed by atoms with E-state index < -0.39 is 6.04 Å². The van der Waals surface area contributed by atoms with Gasteiger partial charge in [-0.15, -0.1) is 0 Å². The minimum atomic E-state index is -0.590. The van der Waals surface area contributed by atoms with E-state index in [0.29, 0.717) is 37.2 Å². The van der Waals surface area contributed by atoms with Crippen LogP contribution in [0.1, 0.15) is 56.0 Å². The first-order chi connectivity index (χ1) is 17.8. The number of anilines is 1. The van der Waals surface area contributed by atoms with E-state index in [4.69, 9.17) is 4.74 Å². The van der Waals surface area contributed by atoms with Crippen LogP contribution >= 0.6 is 0 Å². The maximum absolute atomic E-state index is 13.6. The first kappa shape index (κ1) is 26.2. The topological polar surface area (TPSA) is 79.0 Å². The van der Waals surface area contributed by atoms with Gasteiger partial charge in [-0.05, 0) is 61.9 Å². The lowest BCUT2D eigenvalue weighted by Gasteiger charge is -2.31. The van der Waals surface area contributed by atoms with Crippen LogP contribution in [0.4, 0.5) is 5.69 Å². The molecule has 3 aromatic rings. The number of carbonyl (C=O) groups excluding carboxylic acids is 3. The fraction of sp³-hybridized carbons (Fsp3) is 0.367. The highest BCUT2D eigenvalue weighted by atomic mass is 16.5. The zero-order chi connectivity index (χ0) is 26.5. The zero-order valence-corrected chi connectivity index (χ0v) is 22.0. The third kappa shape index (κ3) is 5.61. The molecule has 0 spiro atoms. The Morgan fingerprint density at radius 3 is 2.49 bits per heavy atom. The maximum Gasteiger partial charge on any atom is 0.258 e. The monoisotopic (exact) mass is 501 g/mol. The number of hydrogen-bond acceptors (Lipinski definition) is 4. The largest absolute Gasteiger partial charge is 0.497 e. The fourth-order valence-corrected chi connectivity index (χ4v) is 5.00. The molecule has 4 rings (SSSR count). The average Bonchev–Trinajstić information content (AvgIpc) is 3.16. The van der Waals surface area contributed by atoms with Gasteiger partial charge in [0.05, 0.1) is 12.8 Å². The standard InChI is InChI=1S/C30H35N3O4/c1-5-25(29(35)31-20(2)3)33(19-21-10-6-13-23(18-21)37-4)27(34)16-9-17-32-26-15-8-12-22-11-7-14-24(28(22)26)30(32)36/h6-8,10-15,18,20,25H,5,9,16-17,19H2,1-4H3,(H,31,35)/t25-/m0/s1. The summed E-state index contributed by atoms with van der Waals surface area (Å²) in [6, 6.07) is 18.6. The first-order valence-electron chi connectivity index (χ1n) is 12.9. The van der Waals surface area contributed by atoms with Gasteiger partial charge in [0.2, 0.25) is 11.8 Å². The molecule has 0 aromatic heterocycles. The summed E-state index contributed by atoms with van der Waals surface area (Å²) < 4.78 is 5.35. The lowest BCUT2D eigenvalue weighted by molar-refractivity contribution is -0.141. The number of rotatable bonds is 11. The normalized spacial score (nSPS) is 13.2. The molecule has 7 nitrogen and oxygen atoms in total. The van der Waals surface area contributed by atoms with E-state index in [0.717, 1.165) is 22.0 Å². The van der Waals surface area contributed by atoms with Gasteiger partial charge in [-0.2, -0.15) is 0 Å². The first-order valence-corrected chi connectivity index (χ1v) is 12.9. The van der Waals surface area contributed by atoms with Crippen LogP contribution in [0.15, 0.2) is 60.7 Å². The number of ether oxygens (including phenoxy) is 1. The molecule has 3 amide bonds. The summed E-state index contributed by atoms with van der Waals surface area (Å²) in [4.78, 5) is 43.1. The van der Waals surface area contributed by atoms with Crippen molar-refractivity contribution in [1.29, 1.82) is 0 Å². The lowest BCUT2D eigenvalue weighted by atomic mass is 10.1. The molecule has 1 aliphatic heterocycles. The summed E-state index contributed by atoms with van der Waals surface area (Å²) in [6.07, 6.45) is 1.22. The number of benzene rings is 3. The van der Waals surface area contributed by atoms with Gasteiger partial charge < -0.3 is 19.9 Å². The molecule has 7 heteroatoms. The van der Waals surface area contributed by atoms with Crippen molar-refractivity contribution in [3.05, 3.63) is 71.8 Å². The quantitative estimate of drug-likeness (QED) is 0.405. The molecule has 3 aromatic carbocycles. The maximum atomic E-state index is 13.6. The Morgan fingerprint density at radius 1 is 1.05 bits per heavy atom. The van der Waals surface area contributed by atoms with E-state index in [-0.39, 0.29) is 30.2 Å². The molecule has 1 aliphatic rings. The Hall–Kier alpha value is -3.87. The van der Waals surface area contributed by atoms with Crippen LogP contribution in [0, 0.1) is 0 Å². The molecule has 0 fully saturated rings. The van der Waals surface area contributed by atoms with E-state index in [1.165, 1.54) is 0 Å². The van der Waals surface area contributed by atoms with Crippen LogP contribution in [-0.2, 0) is 16.1 Å². The molecule has 194 valence electrons. The molecule has 1 heterocycles. The Bertz CT molecular complexity index is 1300. The van der Waals surface area contributed by atoms with Crippen molar-refractivity contribution in [3.8, 4) is 5.75 Å². The third-order valence-corrected chi connectivity index (χ3v) is 6.73. The van der Waals surface area contributed by atoms with Gasteiger partial charge in [-0.1, -0.05) is 43.3 Å². The van der Waals surface area contributed by atoms with Crippen molar-refractivity contribution in [2.75, 3.05) is 18.6 Å². The van der Waals surface area contributed by atoms with Gasteiger partial charge in [0.1, 0.15) is 11.8 Å². The van der Waals surface area contributed by atoms with Crippen LogP contribution in [-0.4, -0.2) is 48.4 Å². The van der Waals surface area contributed by atoms with Crippen LogP contribution < -0.4 is 15.0 Å². The summed E-state index contributed by atoms with van der Waals surface area (Å²) in [7, 11) is 1.60. The van der Waals surface area contributed by atoms with Crippen LogP contribution in [0.25, 0.3) is 10.8 Å². The Morgan fingerprint density at radius 2 is 1.78 bits per heavy atom. The van der Waals surface area contributed by atoms with E-state index in [1.54, 1.807) is 16.9 Å². The summed E-state index contributed by atoms with van der Waals surface area (Å²) >= 11 is 0. The van der Waals surface area contributed by atoms with E-state index in [9.17, 15) is 14.4 Å². The molecule has 0 aliphatic carbocycles. The van der Waals surface area contributed by atoms with Gasteiger partial charge in [0.25, 0.3) is 5.91 Å². The number of carbonyl (C=O) groups is 3. The van der Waals surface area contributed by atoms with Crippen molar-refractivity contribution >= 4 is 34.2 Å². The predicted molar refractivity (Wildman–Crippen MR) is 146 cm³/mol.